The number of fused-ring (bicyclic) bond motifs is 1. The van der Waals surface area contributed by atoms with Gasteiger partial charge in [-0.05, 0) is 48.9 Å². The van der Waals surface area contributed by atoms with E-state index in [1.807, 2.05) is 25.1 Å². The highest BCUT2D eigenvalue weighted by Crippen LogP contribution is 2.38. The van der Waals surface area contributed by atoms with Crippen LogP contribution in [-0.2, 0) is 16.0 Å². The van der Waals surface area contributed by atoms with Gasteiger partial charge in [0.1, 0.15) is 12.1 Å². The molecule has 0 aliphatic heterocycles. The van der Waals surface area contributed by atoms with Crippen molar-refractivity contribution in [2.24, 2.45) is 11.8 Å². The third kappa shape index (κ3) is 2.17. The van der Waals surface area contributed by atoms with Gasteiger partial charge in [0.2, 0.25) is 0 Å². The second-order valence-corrected chi connectivity index (χ2v) is 5.22. The Hall–Kier alpha value is -1.64. The number of hydrogen-bond donors (Lipinski definition) is 1. The second kappa shape index (κ2) is 4.92. The molecule has 0 saturated carbocycles. The number of Topliss-reactive ketones (excluding diaryl/α,β-unsaturated/α-hetero) is 1. The smallest absolute Gasteiger partial charge is 0.134 e. The minimum atomic E-state index is -0.217. The fourth-order valence-corrected chi connectivity index (χ4v) is 3.14. The molecule has 2 rings (SSSR count). The zero-order chi connectivity index (χ0) is 13.3. The maximum Gasteiger partial charge on any atom is 0.134 e. The van der Waals surface area contributed by atoms with Gasteiger partial charge in [-0.15, -0.1) is 0 Å². The summed E-state index contributed by atoms with van der Waals surface area (Å²) in [7, 11) is 0. The van der Waals surface area contributed by atoms with Gasteiger partial charge in [-0.2, -0.15) is 0 Å². The highest BCUT2D eigenvalue weighted by molar-refractivity contribution is 5.83. The molecule has 2 N–H and O–H groups in total. The molecule has 3 atom stereocenters. The number of ketones is 1. The predicted molar refractivity (Wildman–Crippen MR) is 71.3 cm³/mol. The molecule has 3 nitrogen and oxygen atoms in total. The van der Waals surface area contributed by atoms with E-state index in [1.165, 1.54) is 5.56 Å². The number of carbonyl (C=O) groups is 2. The van der Waals surface area contributed by atoms with Crippen molar-refractivity contribution in [1.82, 2.24) is 0 Å². The van der Waals surface area contributed by atoms with E-state index in [0.29, 0.717) is 5.69 Å². The molecule has 1 aromatic rings. The first kappa shape index (κ1) is 12.8. The number of hydrogen-bond acceptors (Lipinski definition) is 3. The monoisotopic (exact) mass is 245 g/mol. The number of aldehydes is 1. The standard InChI is InChI=1S/C15H19NO2/c1-9-14-7-13(16)6-5-11(14)3-4-12(8-17)15(9)10(2)18/h5-9,12,15H,3-4,16H2,1-2H3. The number of carbonyl (C=O) groups excluding carboxylic acids is 2. The zero-order valence-electron chi connectivity index (χ0n) is 10.8. The lowest BCUT2D eigenvalue weighted by Crippen LogP contribution is -2.27. The van der Waals surface area contributed by atoms with Crippen LogP contribution in [0.25, 0.3) is 0 Å². The molecule has 18 heavy (non-hydrogen) atoms. The van der Waals surface area contributed by atoms with Gasteiger partial charge in [-0.1, -0.05) is 13.0 Å². The first-order chi connectivity index (χ1) is 8.54. The summed E-state index contributed by atoms with van der Waals surface area (Å²) in [6.45, 7) is 3.60. The van der Waals surface area contributed by atoms with Gasteiger partial charge < -0.3 is 10.5 Å². The van der Waals surface area contributed by atoms with Crippen LogP contribution < -0.4 is 5.73 Å². The van der Waals surface area contributed by atoms with Crippen LogP contribution in [0, 0.1) is 11.8 Å². The van der Waals surface area contributed by atoms with Crippen molar-refractivity contribution in [3.63, 3.8) is 0 Å². The first-order valence-electron chi connectivity index (χ1n) is 6.38. The van der Waals surface area contributed by atoms with Crippen LogP contribution in [-0.4, -0.2) is 12.1 Å². The van der Waals surface area contributed by atoms with Crippen LogP contribution in [0.4, 0.5) is 5.69 Å². The van der Waals surface area contributed by atoms with Gasteiger partial charge >= 0.3 is 0 Å². The first-order valence-corrected chi connectivity index (χ1v) is 6.38. The molecule has 0 bridgehead atoms. The Balaban J connectivity index is 2.49. The number of nitrogens with two attached hydrogens (primary N) is 1. The van der Waals surface area contributed by atoms with Gasteiger partial charge in [0.25, 0.3) is 0 Å². The molecule has 0 aromatic heterocycles. The Morgan fingerprint density at radius 2 is 2.17 bits per heavy atom. The summed E-state index contributed by atoms with van der Waals surface area (Å²) < 4.78 is 0. The summed E-state index contributed by atoms with van der Waals surface area (Å²) in [5, 5.41) is 0. The van der Waals surface area contributed by atoms with Crippen LogP contribution in [0.5, 0.6) is 0 Å². The minimum absolute atomic E-state index is 0.0544. The molecule has 1 aliphatic rings. The molecule has 3 heteroatoms. The summed E-state index contributed by atoms with van der Waals surface area (Å²) in [6.07, 6.45) is 2.53. The SMILES string of the molecule is CC(=O)C1C(C=O)CCc2ccc(N)cc2C1C. The molecule has 0 fully saturated rings. The number of anilines is 1. The summed E-state index contributed by atoms with van der Waals surface area (Å²) in [5.74, 6) is -0.245. The molecule has 0 heterocycles. The van der Waals surface area contributed by atoms with Crippen molar-refractivity contribution in [1.29, 1.82) is 0 Å². The lowest BCUT2D eigenvalue weighted by atomic mass is 9.78. The highest BCUT2D eigenvalue weighted by atomic mass is 16.1. The van der Waals surface area contributed by atoms with Gasteiger partial charge in [-0.3, -0.25) is 4.79 Å². The fourth-order valence-electron chi connectivity index (χ4n) is 3.14. The highest BCUT2D eigenvalue weighted by Gasteiger charge is 2.34. The Labute approximate surface area is 107 Å². The summed E-state index contributed by atoms with van der Waals surface area (Å²) >= 11 is 0. The third-order valence-corrected chi connectivity index (χ3v) is 4.05. The third-order valence-electron chi connectivity index (χ3n) is 4.05. The predicted octanol–water partition coefficient (Wildman–Crippen LogP) is 2.34. The Kier molecular flexibility index (Phi) is 3.50. The zero-order valence-corrected chi connectivity index (χ0v) is 10.8. The van der Waals surface area contributed by atoms with E-state index in [4.69, 9.17) is 5.73 Å². The summed E-state index contributed by atoms with van der Waals surface area (Å²) in [5.41, 5.74) is 8.88. The molecule has 1 aromatic carbocycles. The maximum absolute atomic E-state index is 11.8. The lowest BCUT2D eigenvalue weighted by molar-refractivity contribution is -0.126. The molecule has 0 spiro atoms. The average molecular weight is 245 g/mol. The molecule has 0 radical (unpaired) electrons. The largest absolute Gasteiger partial charge is 0.399 e. The molecule has 3 unspecified atom stereocenters. The van der Waals surface area contributed by atoms with E-state index in [0.717, 1.165) is 24.7 Å². The van der Waals surface area contributed by atoms with Gasteiger partial charge in [0, 0.05) is 17.5 Å². The van der Waals surface area contributed by atoms with Crippen LogP contribution in [0.15, 0.2) is 18.2 Å². The number of rotatable bonds is 2. The van der Waals surface area contributed by atoms with Crippen LogP contribution in [0.2, 0.25) is 0 Å². The lowest BCUT2D eigenvalue weighted by Gasteiger charge is -2.24. The van der Waals surface area contributed by atoms with Crippen molar-refractivity contribution >= 4 is 17.8 Å². The fraction of sp³-hybridized carbons (Fsp3) is 0.467. The van der Waals surface area contributed by atoms with Gasteiger partial charge in [0.05, 0.1) is 0 Å². The van der Waals surface area contributed by atoms with Crippen molar-refractivity contribution in [2.75, 3.05) is 5.73 Å². The van der Waals surface area contributed by atoms with E-state index < -0.39 is 0 Å². The van der Waals surface area contributed by atoms with Crippen molar-refractivity contribution < 1.29 is 9.59 Å². The second-order valence-electron chi connectivity index (χ2n) is 5.22. The molecule has 96 valence electrons. The molecular weight excluding hydrogens is 226 g/mol. The Morgan fingerprint density at radius 1 is 1.44 bits per heavy atom. The van der Waals surface area contributed by atoms with Gasteiger partial charge in [0.15, 0.2) is 0 Å². The molecule has 0 saturated heterocycles. The normalized spacial score (nSPS) is 27.1. The van der Waals surface area contributed by atoms with Crippen molar-refractivity contribution in [3.8, 4) is 0 Å². The minimum Gasteiger partial charge on any atom is -0.399 e. The van der Waals surface area contributed by atoms with E-state index in [1.54, 1.807) is 6.92 Å². The maximum atomic E-state index is 11.8. The molecule has 0 amide bonds. The number of benzene rings is 1. The summed E-state index contributed by atoms with van der Waals surface area (Å²) in [4.78, 5) is 23.1. The van der Waals surface area contributed by atoms with Crippen molar-refractivity contribution in [3.05, 3.63) is 29.3 Å². The Morgan fingerprint density at radius 3 is 2.78 bits per heavy atom. The Bertz CT molecular complexity index is 481. The molecule has 1 aliphatic carbocycles. The van der Waals surface area contributed by atoms with E-state index in [9.17, 15) is 9.59 Å². The van der Waals surface area contributed by atoms with E-state index in [-0.39, 0.29) is 23.5 Å². The number of aryl methyl sites for hydroxylation is 1. The average Bonchev–Trinajstić information content (AvgIpc) is 2.46. The van der Waals surface area contributed by atoms with Gasteiger partial charge in [-0.25, -0.2) is 0 Å². The quantitative estimate of drug-likeness (QED) is 0.494. The number of nitrogen functional groups attached to an aromatic ring is 1. The van der Waals surface area contributed by atoms with Crippen LogP contribution in [0.1, 0.15) is 37.3 Å². The topological polar surface area (TPSA) is 60.2 Å². The summed E-state index contributed by atoms with van der Waals surface area (Å²) in [6, 6.07) is 5.85. The van der Waals surface area contributed by atoms with Crippen LogP contribution >= 0.6 is 0 Å². The van der Waals surface area contributed by atoms with Crippen LogP contribution in [0.3, 0.4) is 0 Å². The molecular formula is C15H19NO2. The van der Waals surface area contributed by atoms with Crippen molar-refractivity contribution in [2.45, 2.75) is 32.6 Å². The van der Waals surface area contributed by atoms with E-state index in [2.05, 4.69) is 0 Å². The van der Waals surface area contributed by atoms with E-state index >= 15 is 0 Å².